The van der Waals surface area contributed by atoms with Crippen LogP contribution in [0.2, 0.25) is 0 Å². The first-order valence-electron chi connectivity index (χ1n) is 7.21. The Morgan fingerprint density at radius 1 is 1.32 bits per heavy atom. The molecule has 0 spiro atoms. The van der Waals surface area contributed by atoms with Gasteiger partial charge in [0.05, 0.1) is 12.2 Å². The van der Waals surface area contributed by atoms with Crippen LogP contribution < -0.4 is 5.32 Å². The van der Waals surface area contributed by atoms with Crippen LogP contribution in [0.4, 0.5) is 0 Å². The van der Waals surface area contributed by atoms with Crippen LogP contribution in [0.3, 0.4) is 0 Å². The molecule has 5 nitrogen and oxygen atoms in total. The van der Waals surface area contributed by atoms with E-state index in [0.29, 0.717) is 11.7 Å². The molecule has 0 aromatic carbocycles. The van der Waals surface area contributed by atoms with E-state index in [1.807, 2.05) is 10.9 Å². The zero-order chi connectivity index (χ0) is 13.1. The number of hydrogen-bond acceptors (Lipinski definition) is 4. The highest BCUT2D eigenvalue weighted by Gasteiger charge is 2.21. The van der Waals surface area contributed by atoms with Crippen LogP contribution in [-0.4, -0.2) is 33.9 Å². The lowest BCUT2D eigenvalue weighted by molar-refractivity contribution is 0.102. The summed E-state index contributed by atoms with van der Waals surface area (Å²) in [6, 6.07) is 0.385. The van der Waals surface area contributed by atoms with E-state index in [2.05, 4.69) is 21.7 Å². The normalized spacial score (nSPS) is 21.2. The number of carbonyl (C=O) groups is 1. The Labute approximate surface area is 113 Å². The maximum Gasteiger partial charge on any atom is 0.210 e. The molecule has 0 radical (unpaired) electrons. The van der Waals surface area contributed by atoms with Crippen molar-refractivity contribution in [3.05, 3.63) is 23.5 Å². The molecule has 0 saturated carbocycles. The zero-order valence-corrected chi connectivity index (χ0v) is 11.1. The van der Waals surface area contributed by atoms with Crippen LogP contribution in [-0.2, 0) is 0 Å². The predicted octanol–water partition coefficient (Wildman–Crippen LogP) is 1.89. The first-order valence-corrected chi connectivity index (χ1v) is 7.21. The van der Waals surface area contributed by atoms with Crippen molar-refractivity contribution in [2.75, 3.05) is 13.1 Å². The third-order valence-electron chi connectivity index (χ3n) is 4.01. The molecule has 19 heavy (non-hydrogen) atoms. The van der Waals surface area contributed by atoms with E-state index in [-0.39, 0.29) is 5.78 Å². The highest BCUT2D eigenvalue weighted by Crippen LogP contribution is 2.22. The number of Topliss-reactive ketones (excluding diaryl/α,β-unsaturated/α-hetero) is 1. The van der Waals surface area contributed by atoms with Crippen molar-refractivity contribution >= 4 is 5.78 Å². The topological polar surface area (TPSA) is 59.8 Å². The number of ketones is 1. The summed E-state index contributed by atoms with van der Waals surface area (Å²) >= 11 is 0. The minimum absolute atomic E-state index is 0.0693. The van der Waals surface area contributed by atoms with Gasteiger partial charge in [0.15, 0.2) is 5.69 Å². The van der Waals surface area contributed by atoms with Gasteiger partial charge in [-0.2, -0.15) is 0 Å². The van der Waals surface area contributed by atoms with Gasteiger partial charge in [0.2, 0.25) is 5.78 Å². The molecule has 0 atom stereocenters. The molecule has 1 saturated heterocycles. The van der Waals surface area contributed by atoms with Crippen LogP contribution in [0.1, 0.15) is 55.1 Å². The van der Waals surface area contributed by atoms with E-state index in [9.17, 15) is 4.79 Å². The van der Waals surface area contributed by atoms with Gasteiger partial charge < -0.3 is 5.32 Å². The summed E-state index contributed by atoms with van der Waals surface area (Å²) in [5, 5.41) is 11.5. The standard InChI is InChI=1S/C14H20N4O/c19-14(11-4-2-1-3-5-11)13-10-18(17-16-13)12-6-8-15-9-7-12/h4,10,12,15H,1-3,5-9H2. The van der Waals surface area contributed by atoms with E-state index in [4.69, 9.17) is 0 Å². The highest BCUT2D eigenvalue weighted by molar-refractivity contribution is 6.07. The Hall–Kier alpha value is -1.49. The second-order valence-corrected chi connectivity index (χ2v) is 5.37. The van der Waals surface area contributed by atoms with Crippen molar-refractivity contribution in [3.8, 4) is 0 Å². The quantitative estimate of drug-likeness (QED) is 0.843. The minimum Gasteiger partial charge on any atom is -0.317 e. The number of rotatable bonds is 3. The van der Waals surface area contributed by atoms with E-state index < -0.39 is 0 Å². The first kappa shape index (κ1) is 12.5. The summed E-state index contributed by atoms with van der Waals surface area (Å²) in [6.45, 7) is 2.03. The van der Waals surface area contributed by atoms with Crippen molar-refractivity contribution in [3.63, 3.8) is 0 Å². The molecule has 0 amide bonds. The number of nitrogens with one attached hydrogen (secondary N) is 1. The molecule has 2 heterocycles. The second-order valence-electron chi connectivity index (χ2n) is 5.37. The molecule has 3 rings (SSSR count). The van der Waals surface area contributed by atoms with Crippen molar-refractivity contribution in [2.45, 2.75) is 44.6 Å². The fourth-order valence-corrected chi connectivity index (χ4v) is 2.84. The fraction of sp³-hybridized carbons (Fsp3) is 0.643. The van der Waals surface area contributed by atoms with Gasteiger partial charge >= 0.3 is 0 Å². The third kappa shape index (κ3) is 2.76. The molecule has 2 aliphatic rings. The van der Waals surface area contributed by atoms with Gasteiger partial charge in [0.1, 0.15) is 0 Å². The lowest BCUT2D eigenvalue weighted by atomic mass is 9.95. The van der Waals surface area contributed by atoms with E-state index in [1.54, 1.807) is 0 Å². The van der Waals surface area contributed by atoms with Crippen molar-refractivity contribution in [1.29, 1.82) is 0 Å². The molecular weight excluding hydrogens is 240 g/mol. The van der Waals surface area contributed by atoms with E-state index >= 15 is 0 Å². The number of hydrogen-bond donors (Lipinski definition) is 1. The van der Waals surface area contributed by atoms with Gasteiger partial charge in [-0.25, -0.2) is 4.68 Å². The van der Waals surface area contributed by atoms with Gasteiger partial charge in [-0.05, 0) is 57.2 Å². The Kier molecular flexibility index (Phi) is 3.73. The van der Waals surface area contributed by atoms with Crippen LogP contribution in [0.15, 0.2) is 17.8 Å². The predicted molar refractivity (Wildman–Crippen MR) is 72.0 cm³/mol. The second kappa shape index (κ2) is 5.65. The van der Waals surface area contributed by atoms with Gasteiger partial charge in [0.25, 0.3) is 0 Å². The maximum atomic E-state index is 12.3. The minimum atomic E-state index is 0.0693. The van der Waals surface area contributed by atoms with Crippen LogP contribution >= 0.6 is 0 Å². The Balaban J connectivity index is 1.73. The Bertz CT molecular complexity index is 485. The summed E-state index contributed by atoms with van der Waals surface area (Å²) < 4.78 is 1.87. The lowest BCUT2D eigenvalue weighted by Crippen LogP contribution is -2.29. The summed E-state index contributed by atoms with van der Waals surface area (Å²) in [7, 11) is 0. The molecule has 0 bridgehead atoms. The van der Waals surface area contributed by atoms with Gasteiger partial charge in [0, 0.05) is 0 Å². The van der Waals surface area contributed by atoms with Gasteiger partial charge in [-0.1, -0.05) is 11.3 Å². The summed E-state index contributed by atoms with van der Waals surface area (Å²) in [6.07, 6.45) is 10.2. The van der Waals surface area contributed by atoms with E-state index in [1.165, 1.54) is 6.42 Å². The van der Waals surface area contributed by atoms with E-state index in [0.717, 1.165) is 50.8 Å². The van der Waals surface area contributed by atoms with Crippen LogP contribution in [0, 0.1) is 0 Å². The highest BCUT2D eigenvalue weighted by atomic mass is 16.1. The van der Waals surface area contributed by atoms with Crippen LogP contribution in [0.25, 0.3) is 0 Å². The largest absolute Gasteiger partial charge is 0.317 e. The summed E-state index contributed by atoms with van der Waals surface area (Å²) in [5.41, 5.74) is 1.43. The molecule has 1 aromatic heterocycles. The fourth-order valence-electron chi connectivity index (χ4n) is 2.84. The van der Waals surface area contributed by atoms with Crippen molar-refractivity contribution in [2.24, 2.45) is 0 Å². The molecular formula is C14H20N4O. The molecule has 1 fully saturated rings. The number of allylic oxidation sites excluding steroid dienone is 2. The number of carbonyl (C=O) groups excluding carboxylic acids is 1. The number of nitrogens with zero attached hydrogens (tertiary/aromatic N) is 3. The van der Waals surface area contributed by atoms with Crippen LogP contribution in [0.5, 0.6) is 0 Å². The Morgan fingerprint density at radius 2 is 2.16 bits per heavy atom. The maximum absolute atomic E-state index is 12.3. The average molecular weight is 260 g/mol. The molecule has 5 heteroatoms. The zero-order valence-electron chi connectivity index (χ0n) is 11.1. The smallest absolute Gasteiger partial charge is 0.210 e. The number of piperidine rings is 1. The third-order valence-corrected chi connectivity index (χ3v) is 4.01. The number of aromatic nitrogens is 3. The summed E-state index contributed by atoms with van der Waals surface area (Å²) in [5.74, 6) is 0.0693. The molecule has 0 unspecified atom stereocenters. The molecule has 1 aromatic rings. The summed E-state index contributed by atoms with van der Waals surface area (Å²) in [4.78, 5) is 12.3. The molecule has 1 aliphatic carbocycles. The lowest BCUT2D eigenvalue weighted by Gasteiger charge is -2.22. The average Bonchev–Trinajstić information content (AvgIpc) is 2.98. The molecule has 102 valence electrons. The van der Waals surface area contributed by atoms with Crippen molar-refractivity contribution in [1.82, 2.24) is 20.3 Å². The first-order chi connectivity index (χ1) is 9.34. The van der Waals surface area contributed by atoms with Gasteiger partial charge in [-0.3, -0.25) is 4.79 Å². The Morgan fingerprint density at radius 3 is 2.89 bits per heavy atom. The SMILES string of the molecule is O=C(C1=CCCCC1)c1cn(C2CCNCC2)nn1. The molecule has 1 aliphatic heterocycles. The monoisotopic (exact) mass is 260 g/mol. The van der Waals surface area contributed by atoms with Crippen molar-refractivity contribution < 1.29 is 4.79 Å². The van der Waals surface area contributed by atoms with Gasteiger partial charge in [-0.15, -0.1) is 5.10 Å². The molecule has 1 N–H and O–H groups in total.